The summed E-state index contributed by atoms with van der Waals surface area (Å²) >= 11 is 0. The van der Waals surface area contributed by atoms with Gasteiger partial charge in [-0.1, -0.05) is 37.3 Å². The quantitative estimate of drug-likeness (QED) is 0.865. The van der Waals surface area contributed by atoms with Crippen molar-refractivity contribution in [1.82, 2.24) is 9.55 Å². The molecule has 0 fully saturated rings. The zero-order chi connectivity index (χ0) is 13.7. The monoisotopic (exact) mass is 258 g/mol. The fourth-order valence-electron chi connectivity index (χ4n) is 2.59. The second-order valence-corrected chi connectivity index (χ2v) is 5.11. The van der Waals surface area contributed by atoms with Crippen LogP contribution in [0.1, 0.15) is 31.2 Å². The minimum Gasteiger partial charge on any atom is -0.395 e. The largest absolute Gasteiger partial charge is 0.395 e. The maximum absolute atomic E-state index is 9.90. The maximum Gasteiger partial charge on any atom is 0.108 e. The van der Waals surface area contributed by atoms with Crippen LogP contribution in [0.2, 0.25) is 0 Å². The van der Waals surface area contributed by atoms with Crippen molar-refractivity contribution < 1.29 is 5.11 Å². The lowest BCUT2D eigenvalue weighted by atomic mass is 9.75. The van der Waals surface area contributed by atoms with Gasteiger partial charge in [0.05, 0.1) is 6.61 Å². The molecule has 0 spiro atoms. The Bertz CT molecular complexity index is 500. The van der Waals surface area contributed by atoms with E-state index in [1.54, 1.807) is 0 Å². The Morgan fingerprint density at radius 2 is 2.00 bits per heavy atom. The summed E-state index contributed by atoms with van der Waals surface area (Å²) in [4.78, 5) is 4.36. The molecule has 3 nitrogen and oxygen atoms in total. The van der Waals surface area contributed by atoms with Gasteiger partial charge in [0.1, 0.15) is 5.82 Å². The van der Waals surface area contributed by atoms with E-state index in [0.29, 0.717) is 0 Å². The predicted octanol–water partition coefficient (Wildman–Crippen LogP) is 2.69. The third-order valence-corrected chi connectivity index (χ3v) is 4.11. The summed E-state index contributed by atoms with van der Waals surface area (Å²) in [7, 11) is 2.01. The maximum atomic E-state index is 9.90. The van der Waals surface area contributed by atoms with Crippen LogP contribution in [0, 0.1) is 0 Å². The van der Waals surface area contributed by atoms with Crippen LogP contribution in [0.25, 0.3) is 0 Å². The van der Waals surface area contributed by atoms with Gasteiger partial charge in [-0.2, -0.15) is 0 Å². The Morgan fingerprint density at radius 3 is 2.53 bits per heavy atom. The Morgan fingerprint density at radius 1 is 1.26 bits per heavy atom. The number of aliphatic hydroxyl groups is 1. The zero-order valence-corrected chi connectivity index (χ0v) is 11.7. The average molecular weight is 258 g/mol. The number of hydrogen-bond donors (Lipinski definition) is 1. The molecule has 1 unspecified atom stereocenters. The van der Waals surface area contributed by atoms with Crippen LogP contribution in [0.5, 0.6) is 0 Å². The van der Waals surface area contributed by atoms with Gasteiger partial charge in [0.2, 0.25) is 0 Å². The highest BCUT2D eigenvalue weighted by atomic mass is 16.3. The highest BCUT2D eigenvalue weighted by Gasteiger charge is 2.29. The highest BCUT2D eigenvalue weighted by Crippen LogP contribution is 2.32. The molecule has 0 bridgehead atoms. The molecule has 0 amide bonds. The number of benzene rings is 1. The number of imidazole rings is 1. The number of aromatic nitrogens is 2. The van der Waals surface area contributed by atoms with Crippen molar-refractivity contribution in [1.29, 1.82) is 0 Å². The molecule has 2 aromatic rings. The first-order valence-electron chi connectivity index (χ1n) is 6.84. The number of nitrogens with zero attached hydrogens (tertiary/aromatic N) is 2. The van der Waals surface area contributed by atoms with Crippen LogP contribution in [0.15, 0.2) is 42.7 Å². The van der Waals surface area contributed by atoms with E-state index in [1.165, 1.54) is 5.56 Å². The molecule has 3 heteroatoms. The second kappa shape index (κ2) is 6.02. The molecule has 19 heavy (non-hydrogen) atoms. The van der Waals surface area contributed by atoms with E-state index in [0.717, 1.165) is 25.1 Å². The van der Waals surface area contributed by atoms with Gasteiger partial charge in [-0.3, -0.25) is 0 Å². The summed E-state index contributed by atoms with van der Waals surface area (Å²) in [6, 6.07) is 10.3. The van der Waals surface area contributed by atoms with Crippen molar-refractivity contribution in [3.8, 4) is 0 Å². The molecule has 0 aliphatic carbocycles. The van der Waals surface area contributed by atoms with Crippen molar-refractivity contribution in [2.24, 2.45) is 7.05 Å². The van der Waals surface area contributed by atoms with E-state index in [1.807, 2.05) is 42.2 Å². The first-order valence-corrected chi connectivity index (χ1v) is 6.84. The molecule has 0 aliphatic rings. The van der Waals surface area contributed by atoms with E-state index in [4.69, 9.17) is 0 Å². The third kappa shape index (κ3) is 2.87. The Balaban J connectivity index is 2.18. The van der Waals surface area contributed by atoms with Crippen LogP contribution in [-0.2, 0) is 18.9 Å². The van der Waals surface area contributed by atoms with Gasteiger partial charge >= 0.3 is 0 Å². The third-order valence-electron chi connectivity index (χ3n) is 4.11. The van der Waals surface area contributed by atoms with E-state index < -0.39 is 0 Å². The second-order valence-electron chi connectivity index (χ2n) is 5.11. The summed E-state index contributed by atoms with van der Waals surface area (Å²) < 4.78 is 2.04. The molecule has 1 heterocycles. The number of rotatable bonds is 6. The van der Waals surface area contributed by atoms with Crippen molar-refractivity contribution in [2.45, 2.75) is 31.6 Å². The molecular weight excluding hydrogens is 236 g/mol. The van der Waals surface area contributed by atoms with E-state index in [2.05, 4.69) is 24.0 Å². The fourth-order valence-corrected chi connectivity index (χ4v) is 2.59. The lowest BCUT2D eigenvalue weighted by Crippen LogP contribution is -2.31. The molecule has 1 aromatic carbocycles. The van der Waals surface area contributed by atoms with Crippen molar-refractivity contribution in [3.63, 3.8) is 0 Å². The van der Waals surface area contributed by atoms with E-state index in [9.17, 15) is 5.11 Å². The molecule has 1 aromatic heterocycles. The van der Waals surface area contributed by atoms with E-state index >= 15 is 0 Å². The van der Waals surface area contributed by atoms with Gasteiger partial charge in [0, 0.05) is 31.3 Å². The van der Waals surface area contributed by atoms with Crippen LogP contribution in [-0.4, -0.2) is 21.3 Å². The first kappa shape index (κ1) is 13.8. The molecule has 0 aliphatic heterocycles. The Kier molecular flexibility index (Phi) is 4.38. The zero-order valence-electron chi connectivity index (χ0n) is 11.7. The van der Waals surface area contributed by atoms with Crippen LogP contribution in [0.4, 0.5) is 0 Å². The summed E-state index contributed by atoms with van der Waals surface area (Å²) in [6.07, 6.45) is 6.51. The van der Waals surface area contributed by atoms with Gasteiger partial charge in [-0.05, 0) is 18.4 Å². The smallest absolute Gasteiger partial charge is 0.108 e. The predicted molar refractivity (Wildman–Crippen MR) is 77.0 cm³/mol. The van der Waals surface area contributed by atoms with Crippen molar-refractivity contribution in [3.05, 3.63) is 54.1 Å². The van der Waals surface area contributed by atoms with Gasteiger partial charge in [-0.15, -0.1) is 0 Å². The van der Waals surface area contributed by atoms with Gasteiger partial charge in [0.15, 0.2) is 0 Å². The minimum absolute atomic E-state index is 0.160. The lowest BCUT2D eigenvalue weighted by molar-refractivity contribution is 0.177. The molecule has 102 valence electrons. The Labute approximate surface area is 114 Å². The normalized spacial score (nSPS) is 14.3. The molecule has 0 saturated carbocycles. The summed E-state index contributed by atoms with van der Waals surface area (Å²) in [5.41, 5.74) is 1.06. The Hall–Kier alpha value is -1.61. The minimum atomic E-state index is -0.160. The van der Waals surface area contributed by atoms with Gasteiger partial charge < -0.3 is 9.67 Å². The summed E-state index contributed by atoms with van der Waals surface area (Å²) in [5.74, 6) is 1.07. The SMILES string of the molecule is CCC(CO)(CCc1nccn1C)c1ccccc1. The van der Waals surface area contributed by atoms with Gasteiger partial charge in [0.25, 0.3) is 0 Å². The molecule has 0 radical (unpaired) electrons. The molecule has 0 saturated heterocycles. The van der Waals surface area contributed by atoms with Gasteiger partial charge in [-0.25, -0.2) is 4.98 Å². The van der Waals surface area contributed by atoms with Crippen LogP contribution in [0.3, 0.4) is 0 Å². The lowest BCUT2D eigenvalue weighted by Gasteiger charge is -2.31. The number of hydrogen-bond acceptors (Lipinski definition) is 2. The topological polar surface area (TPSA) is 38.1 Å². The first-order chi connectivity index (χ1) is 9.22. The fraction of sp³-hybridized carbons (Fsp3) is 0.438. The molecule has 2 rings (SSSR count). The summed E-state index contributed by atoms with van der Waals surface area (Å²) in [6.45, 7) is 2.32. The van der Waals surface area contributed by atoms with E-state index in [-0.39, 0.29) is 12.0 Å². The van der Waals surface area contributed by atoms with Crippen LogP contribution >= 0.6 is 0 Å². The summed E-state index contributed by atoms with van der Waals surface area (Å²) in [5, 5.41) is 9.90. The average Bonchev–Trinajstić information content (AvgIpc) is 2.87. The van der Waals surface area contributed by atoms with Crippen molar-refractivity contribution >= 4 is 0 Å². The van der Waals surface area contributed by atoms with Crippen molar-refractivity contribution in [2.75, 3.05) is 6.61 Å². The highest BCUT2D eigenvalue weighted by molar-refractivity contribution is 5.25. The molecular formula is C16H22N2O. The van der Waals surface area contributed by atoms with Crippen LogP contribution < -0.4 is 0 Å². The molecule has 1 atom stereocenters. The number of aryl methyl sites for hydroxylation is 2. The molecule has 1 N–H and O–H groups in total. The number of aliphatic hydroxyl groups excluding tert-OH is 1. The standard InChI is InChI=1S/C16H22N2O/c1-3-16(13-19,14-7-5-4-6-8-14)10-9-15-17-11-12-18(15)2/h4-8,11-12,19H,3,9-10,13H2,1-2H3.